The summed E-state index contributed by atoms with van der Waals surface area (Å²) in [6.45, 7) is 4.41. The average Bonchev–Trinajstić information content (AvgIpc) is 2.72. The summed E-state index contributed by atoms with van der Waals surface area (Å²) in [5.74, 6) is 8.03. The quantitative estimate of drug-likeness (QED) is 0.565. The summed E-state index contributed by atoms with van der Waals surface area (Å²) >= 11 is 0. The van der Waals surface area contributed by atoms with Crippen molar-refractivity contribution in [3.63, 3.8) is 0 Å². The molecule has 0 radical (unpaired) electrons. The van der Waals surface area contributed by atoms with Gasteiger partial charge in [0.15, 0.2) is 0 Å². The van der Waals surface area contributed by atoms with E-state index in [1.165, 1.54) is 5.56 Å². The normalized spacial score (nSPS) is 11.4. The van der Waals surface area contributed by atoms with E-state index in [4.69, 9.17) is 4.74 Å². The number of ether oxygens (including phenoxy) is 1. The van der Waals surface area contributed by atoms with E-state index < -0.39 is 0 Å². The number of anilines is 1. The minimum Gasteiger partial charge on any atom is -0.497 e. The molecule has 3 rings (SSSR count). The van der Waals surface area contributed by atoms with Gasteiger partial charge in [0, 0.05) is 11.3 Å². The fourth-order valence-corrected chi connectivity index (χ4v) is 2.81. The van der Waals surface area contributed by atoms with Crippen molar-refractivity contribution in [2.45, 2.75) is 25.8 Å². The van der Waals surface area contributed by atoms with Crippen LogP contribution in [-0.4, -0.2) is 7.11 Å². The molecule has 0 bridgehead atoms. The van der Waals surface area contributed by atoms with Crippen LogP contribution in [0.2, 0.25) is 0 Å². The van der Waals surface area contributed by atoms with Gasteiger partial charge in [0.2, 0.25) is 0 Å². The summed E-state index contributed by atoms with van der Waals surface area (Å²) in [5, 5.41) is 3.54. The molecule has 0 spiro atoms. The number of rotatable bonds is 5. The minimum absolute atomic E-state index is 0.0974. The van der Waals surface area contributed by atoms with E-state index in [-0.39, 0.29) is 6.04 Å². The van der Waals surface area contributed by atoms with Gasteiger partial charge < -0.3 is 10.1 Å². The van der Waals surface area contributed by atoms with Gasteiger partial charge in [-0.3, -0.25) is 0 Å². The third-order valence-corrected chi connectivity index (χ3v) is 4.47. The van der Waals surface area contributed by atoms with Crippen LogP contribution in [0.3, 0.4) is 0 Å². The summed E-state index contributed by atoms with van der Waals surface area (Å²) in [5.41, 5.74) is 4.51. The summed E-state index contributed by atoms with van der Waals surface area (Å²) in [6, 6.07) is 26.6. The molecule has 3 aromatic rings. The van der Waals surface area contributed by atoms with Crippen LogP contribution >= 0.6 is 0 Å². The second-order valence-corrected chi connectivity index (χ2v) is 6.76. The lowest BCUT2D eigenvalue weighted by Crippen LogP contribution is -2.09. The lowest BCUT2D eigenvalue weighted by Gasteiger charge is -2.16. The Bertz CT molecular complexity index is 901. The molecule has 0 saturated heterocycles. The molecule has 0 unspecified atom stereocenters. The van der Waals surface area contributed by atoms with E-state index in [9.17, 15) is 0 Å². The third-order valence-electron chi connectivity index (χ3n) is 4.47. The maximum Gasteiger partial charge on any atom is 0.119 e. The zero-order valence-electron chi connectivity index (χ0n) is 16.1. The molecule has 2 nitrogen and oxygen atoms in total. The molecule has 0 aromatic heterocycles. The molecular weight excluding hydrogens is 330 g/mol. The molecule has 0 aliphatic carbocycles. The van der Waals surface area contributed by atoms with E-state index >= 15 is 0 Å². The molecule has 0 amide bonds. The Morgan fingerprint density at radius 3 is 2.00 bits per heavy atom. The van der Waals surface area contributed by atoms with E-state index in [2.05, 4.69) is 55.3 Å². The van der Waals surface area contributed by atoms with Gasteiger partial charge in [-0.1, -0.05) is 68.2 Å². The largest absolute Gasteiger partial charge is 0.497 e. The number of benzene rings is 3. The highest BCUT2D eigenvalue weighted by Gasteiger charge is 2.09. The highest BCUT2D eigenvalue weighted by Crippen LogP contribution is 2.23. The van der Waals surface area contributed by atoms with Crippen LogP contribution in [-0.2, 0) is 0 Å². The van der Waals surface area contributed by atoms with Crippen molar-refractivity contribution in [1.29, 1.82) is 0 Å². The van der Waals surface area contributed by atoms with Gasteiger partial charge in [-0.25, -0.2) is 0 Å². The van der Waals surface area contributed by atoms with Gasteiger partial charge in [-0.05, 0) is 53.4 Å². The molecule has 27 heavy (non-hydrogen) atoms. The van der Waals surface area contributed by atoms with Crippen LogP contribution in [0.5, 0.6) is 5.75 Å². The molecule has 136 valence electrons. The van der Waals surface area contributed by atoms with Gasteiger partial charge in [0.1, 0.15) is 11.8 Å². The van der Waals surface area contributed by atoms with Crippen molar-refractivity contribution in [3.8, 4) is 17.6 Å². The van der Waals surface area contributed by atoms with Crippen molar-refractivity contribution in [3.05, 3.63) is 95.6 Å². The molecule has 0 aliphatic heterocycles. The molecule has 0 aliphatic rings. The van der Waals surface area contributed by atoms with Crippen molar-refractivity contribution in [2.24, 2.45) is 0 Å². The van der Waals surface area contributed by atoms with Crippen LogP contribution in [0, 0.1) is 11.8 Å². The van der Waals surface area contributed by atoms with E-state index in [1.54, 1.807) is 7.11 Å². The first kappa shape index (κ1) is 18.6. The zero-order chi connectivity index (χ0) is 19.1. The highest BCUT2D eigenvalue weighted by molar-refractivity contribution is 5.51. The van der Waals surface area contributed by atoms with Gasteiger partial charge in [0.05, 0.1) is 7.11 Å². The Morgan fingerprint density at radius 1 is 0.778 bits per heavy atom. The Kier molecular flexibility index (Phi) is 6.18. The first-order valence-corrected chi connectivity index (χ1v) is 9.23. The van der Waals surface area contributed by atoms with Crippen molar-refractivity contribution >= 4 is 5.69 Å². The zero-order valence-corrected chi connectivity index (χ0v) is 16.1. The molecular formula is C25H25NO. The fraction of sp³-hybridized carbons (Fsp3) is 0.200. The van der Waals surface area contributed by atoms with Crippen LogP contribution in [0.15, 0.2) is 78.9 Å². The molecule has 0 fully saturated rings. The van der Waals surface area contributed by atoms with Crippen molar-refractivity contribution < 1.29 is 4.74 Å². The maximum absolute atomic E-state index is 5.24. The predicted molar refractivity (Wildman–Crippen MR) is 113 cm³/mol. The fourth-order valence-electron chi connectivity index (χ4n) is 2.81. The van der Waals surface area contributed by atoms with Crippen molar-refractivity contribution in [1.82, 2.24) is 0 Å². The molecule has 3 aromatic carbocycles. The Balaban J connectivity index is 1.89. The summed E-state index contributed by atoms with van der Waals surface area (Å²) in [4.78, 5) is 0. The molecule has 0 heterocycles. The maximum atomic E-state index is 5.24. The molecule has 0 saturated carbocycles. The highest BCUT2D eigenvalue weighted by atomic mass is 16.5. The van der Waals surface area contributed by atoms with Gasteiger partial charge in [-0.2, -0.15) is 0 Å². The van der Waals surface area contributed by atoms with Crippen LogP contribution < -0.4 is 10.1 Å². The number of hydrogen-bond acceptors (Lipinski definition) is 2. The van der Waals surface area contributed by atoms with Gasteiger partial charge >= 0.3 is 0 Å². The topological polar surface area (TPSA) is 21.3 Å². The average molecular weight is 355 g/mol. The second-order valence-electron chi connectivity index (χ2n) is 6.76. The summed E-state index contributed by atoms with van der Waals surface area (Å²) in [6.07, 6.45) is 0. The van der Waals surface area contributed by atoms with Gasteiger partial charge in [0.25, 0.3) is 0 Å². The summed E-state index contributed by atoms with van der Waals surface area (Å²) in [7, 11) is 1.67. The Hall–Kier alpha value is -3.18. The Morgan fingerprint density at radius 2 is 1.41 bits per heavy atom. The Labute approximate surface area is 162 Å². The molecule has 1 atom stereocenters. The molecule has 2 heteroatoms. The van der Waals surface area contributed by atoms with E-state index in [0.717, 1.165) is 22.6 Å². The second kappa shape index (κ2) is 8.96. The number of nitrogens with one attached hydrogen (secondary N) is 1. The first-order chi connectivity index (χ1) is 13.2. The minimum atomic E-state index is -0.0974. The first-order valence-electron chi connectivity index (χ1n) is 9.23. The standard InChI is InChI=1S/C25H25NO/c1-19(2)21-10-12-22(13-11-21)25(18-9-20-7-5-4-6-8-20)26-23-14-16-24(27-3)17-15-23/h4-8,10-17,19,25-26H,1-3H3/t25-/m0/s1. The lowest BCUT2D eigenvalue weighted by atomic mass is 9.99. The third kappa shape index (κ3) is 5.15. The lowest BCUT2D eigenvalue weighted by molar-refractivity contribution is 0.415. The van der Waals surface area contributed by atoms with E-state index in [0.29, 0.717) is 5.92 Å². The smallest absolute Gasteiger partial charge is 0.119 e. The summed E-state index contributed by atoms with van der Waals surface area (Å²) < 4.78 is 5.24. The van der Waals surface area contributed by atoms with Gasteiger partial charge in [-0.15, -0.1) is 0 Å². The number of hydrogen-bond donors (Lipinski definition) is 1. The van der Waals surface area contributed by atoms with Crippen molar-refractivity contribution in [2.75, 3.05) is 12.4 Å². The number of methoxy groups -OCH3 is 1. The molecule has 1 N–H and O–H groups in total. The van der Waals surface area contributed by atoms with Crippen LogP contribution in [0.25, 0.3) is 0 Å². The van der Waals surface area contributed by atoms with E-state index in [1.807, 2.05) is 54.6 Å². The van der Waals surface area contributed by atoms with Crippen LogP contribution in [0.4, 0.5) is 5.69 Å². The SMILES string of the molecule is COc1ccc(N[C@@H](C#Cc2ccccc2)c2ccc(C(C)C)cc2)cc1. The van der Waals surface area contributed by atoms with Crippen LogP contribution in [0.1, 0.15) is 42.5 Å². The predicted octanol–water partition coefficient (Wildman–Crippen LogP) is 6.02. The monoisotopic (exact) mass is 355 g/mol.